The number of rotatable bonds is 5. The second-order valence-corrected chi connectivity index (χ2v) is 5.28. The van der Waals surface area contributed by atoms with Crippen molar-refractivity contribution in [2.24, 2.45) is 5.92 Å². The largest absolute Gasteiger partial charge is 0.370 e. The quantitative estimate of drug-likeness (QED) is 0.680. The van der Waals surface area contributed by atoms with Crippen LogP contribution in [0.2, 0.25) is 0 Å². The van der Waals surface area contributed by atoms with Crippen LogP contribution in [0.15, 0.2) is 42.5 Å². The summed E-state index contributed by atoms with van der Waals surface area (Å²) >= 11 is 0. The van der Waals surface area contributed by atoms with Gasteiger partial charge in [0.05, 0.1) is 12.7 Å². The molecule has 1 nitrogen and oxygen atoms in total. The number of ether oxygens (including phenoxy) is 1. The van der Waals surface area contributed by atoms with E-state index in [0.29, 0.717) is 6.61 Å². The van der Waals surface area contributed by atoms with Crippen LogP contribution >= 0.6 is 0 Å². The fourth-order valence-electron chi connectivity index (χ4n) is 2.50. The molecule has 1 aromatic carbocycles. The lowest BCUT2D eigenvalue weighted by molar-refractivity contribution is 0.0836. The van der Waals surface area contributed by atoms with Crippen molar-refractivity contribution in [2.45, 2.75) is 51.7 Å². The van der Waals surface area contributed by atoms with Crippen molar-refractivity contribution >= 4 is 0 Å². The molecule has 2 rings (SSSR count). The van der Waals surface area contributed by atoms with Crippen LogP contribution in [0.4, 0.5) is 0 Å². The molecule has 0 aromatic heterocycles. The Morgan fingerprint density at radius 3 is 2.61 bits per heavy atom. The second kappa shape index (κ2) is 7.38. The van der Waals surface area contributed by atoms with E-state index in [4.69, 9.17) is 4.74 Å². The monoisotopic (exact) mass is 244 g/mol. The van der Waals surface area contributed by atoms with Crippen LogP contribution in [0, 0.1) is 5.92 Å². The van der Waals surface area contributed by atoms with Crippen molar-refractivity contribution in [1.29, 1.82) is 0 Å². The molecule has 0 amide bonds. The summed E-state index contributed by atoms with van der Waals surface area (Å²) in [5.74, 6) is 0.793. The topological polar surface area (TPSA) is 9.23 Å². The first-order chi connectivity index (χ1) is 8.84. The Morgan fingerprint density at radius 2 is 1.89 bits per heavy atom. The number of allylic oxidation sites excluding steroid dienone is 1. The summed E-state index contributed by atoms with van der Waals surface area (Å²) in [6, 6.07) is 10.4. The van der Waals surface area contributed by atoms with E-state index < -0.39 is 0 Å². The summed E-state index contributed by atoms with van der Waals surface area (Å²) in [6.07, 6.45) is 11.8. The molecule has 98 valence electrons. The van der Waals surface area contributed by atoms with E-state index in [-0.39, 0.29) is 6.10 Å². The third-order valence-electron chi connectivity index (χ3n) is 3.66. The van der Waals surface area contributed by atoms with E-state index in [2.05, 4.69) is 43.3 Å². The minimum Gasteiger partial charge on any atom is -0.370 e. The van der Waals surface area contributed by atoms with Crippen LogP contribution in [-0.2, 0) is 11.3 Å². The van der Waals surface area contributed by atoms with Crippen LogP contribution in [0.3, 0.4) is 0 Å². The lowest BCUT2D eigenvalue weighted by atomic mass is 9.89. The molecule has 0 aliphatic heterocycles. The Hall–Kier alpha value is -1.08. The molecule has 0 N–H and O–H groups in total. The van der Waals surface area contributed by atoms with Gasteiger partial charge in [0.2, 0.25) is 0 Å². The zero-order valence-corrected chi connectivity index (χ0v) is 11.3. The molecular formula is C17H24O. The van der Waals surface area contributed by atoms with Crippen molar-refractivity contribution in [2.75, 3.05) is 0 Å². The zero-order chi connectivity index (χ0) is 12.6. The minimum atomic E-state index is 0.215. The zero-order valence-electron chi connectivity index (χ0n) is 11.3. The first-order valence-electron chi connectivity index (χ1n) is 7.18. The lowest BCUT2D eigenvalue weighted by Crippen LogP contribution is -2.07. The maximum absolute atomic E-state index is 5.83. The molecule has 18 heavy (non-hydrogen) atoms. The highest BCUT2D eigenvalue weighted by Gasteiger charge is 2.10. The maximum atomic E-state index is 5.83. The van der Waals surface area contributed by atoms with Crippen molar-refractivity contribution in [1.82, 2.24) is 0 Å². The van der Waals surface area contributed by atoms with Gasteiger partial charge in [0, 0.05) is 0 Å². The van der Waals surface area contributed by atoms with Gasteiger partial charge in [-0.2, -0.15) is 0 Å². The Morgan fingerprint density at radius 1 is 1.17 bits per heavy atom. The summed E-state index contributed by atoms with van der Waals surface area (Å²) < 4.78 is 5.83. The molecule has 0 saturated heterocycles. The van der Waals surface area contributed by atoms with Gasteiger partial charge in [-0.25, -0.2) is 0 Å². The Labute approximate surface area is 111 Å². The molecule has 0 radical (unpaired) electrons. The van der Waals surface area contributed by atoms with Crippen molar-refractivity contribution < 1.29 is 4.74 Å². The van der Waals surface area contributed by atoms with Crippen LogP contribution < -0.4 is 0 Å². The summed E-state index contributed by atoms with van der Waals surface area (Å²) in [5, 5.41) is 0. The molecule has 0 spiro atoms. The van der Waals surface area contributed by atoms with E-state index in [1.165, 1.54) is 37.7 Å². The standard InChI is InChI=1S/C17H24O/c1-15(12-13-16-8-4-2-5-9-16)18-14-17-10-6-3-7-11-17/h3,6-7,10-13,15-16H,2,4-5,8-9,14H2,1H3/b13-12+. The molecule has 1 unspecified atom stereocenters. The van der Waals surface area contributed by atoms with Crippen LogP contribution in [0.25, 0.3) is 0 Å². The summed E-state index contributed by atoms with van der Waals surface area (Å²) in [5.41, 5.74) is 1.25. The van der Waals surface area contributed by atoms with E-state index >= 15 is 0 Å². The molecule has 1 aliphatic rings. The normalized spacial score (nSPS) is 19.2. The van der Waals surface area contributed by atoms with E-state index in [1.807, 2.05) is 6.07 Å². The van der Waals surface area contributed by atoms with Gasteiger partial charge in [-0.1, -0.05) is 61.7 Å². The first kappa shape index (κ1) is 13.4. The smallest absolute Gasteiger partial charge is 0.0732 e. The molecule has 1 heteroatoms. The van der Waals surface area contributed by atoms with Crippen LogP contribution in [0.5, 0.6) is 0 Å². The molecule has 1 atom stereocenters. The fraction of sp³-hybridized carbons (Fsp3) is 0.529. The highest BCUT2D eigenvalue weighted by molar-refractivity contribution is 5.13. The summed E-state index contributed by atoms with van der Waals surface area (Å²) in [6.45, 7) is 2.83. The number of hydrogen-bond acceptors (Lipinski definition) is 1. The Bertz CT molecular complexity index is 349. The Balaban J connectivity index is 1.71. The highest BCUT2D eigenvalue weighted by Crippen LogP contribution is 2.24. The van der Waals surface area contributed by atoms with Gasteiger partial charge in [-0.05, 0) is 31.2 Å². The molecule has 1 aliphatic carbocycles. The predicted molar refractivity (Wildman–Crippen MR) is 76.4 cm³/mol. The van der Waals surface area contributed by atoms with Crippen molar-refractivity contribution in [3.05, 3.63) is 48.0 Å². The number of hydrogen-bond donors (Lipinski definition) is 0. The third-order valence-corrected chi connectivity index (χ3v) is 3.66. The van der Waals surface area contributed by atoms with Gasteiger partial charge in [0.1, 0.15) is 0 Å². The van der Waals surface area contributed by atoms with Crippen LogP contribution in [0.1, 0.15) is 44.6 Å². The van der Waals surface area contributed by atoms with Gasteiger partial charge in [-0.15, -0.1) is 0 Å². The molecule has 1 fully saturated rings. The van der Waals surface area contributed by atoms with Gasteiger partial charge in [0.15, 0.2) is 0 Å². The second-order valence-electron chi connectivity index (χ2n) is 5.28. The van der Waals surface area contributed by atoms with E-state index in [1.54, 1.807) is 0 Å². The first-order valence-corrected chi connectivity index (χ1v) is 7.18. The lowest BCUT2D eigenvalue weighted by Gasteiger charge is -2.18. The summed E-state index contributed by atoms with van der Waals surface area (Å²) in [4.78, 5) is 0. The van der Waals surface area contributed by atoms with Crippen LogP contribution in [-0.4, -0.2) is 6.10 Å². The fourth-order valence-corrected chi connectivity index (χ4v) is 2.50. The van der Waals surface area contributed by atoms with Gasteiger partial charge in [-0.3, -0.25) is 0 Å². The minimum absolute atomic E-state index is 0.215. The van der Waals surface area contributed by atoms with Gasteiger partial charge >= 0.3 is 0 Å². The average Bonchev–Trinajstić information content (AvgIpc) is 2.45. The molecule has 1 aromatic rings. The highest BCUT2D eigenvalue weighted by atomic mass is 16.5. The average molecular weight is 244 g/mol. The van der Waals surface area contributed by atoms with E-state index in [9.17, 15) is 0 Å². The molecule has 0 bridgehead atoms. The maximum Gasteiger partial charge on any atom is 0.0732 e. The molecule has 1 saturated carbocycles. The SMILES string of the molecule is CC(/C=C/C1CCCCC1)OCc1ccccc1. The number of benzene rings is 1. The van der Waals surface area contributed by atoms with E-state index in [0.717, 1.165) is 5.92 Å². The predicted octanol–water partition coefficient (Wildman–Crippen LogP) is 4.73. The Kier molecular flexibility index (Phi) is 5.47. The van der Waals surface area contributed by atoms with Crippen molar-refractivity contribution in [3.8, 4) is 0 Å². The van der Waals surface area contributed by atoms with Crippen molar-refractivity contribution in [3.63, 3.8) is 0 Å². The molecular weight excluding hydrogens is 220 g/mol. The van der Waals surface area contributed by atoms with Gasteiger partial charge < -0.3 is 4.74 Å². The summed E-state index contributed by atoms with van der Waals surface area (Å²) in [7, 11) is 0. The van der Waals surface area contributed by atoms with Gasteiger partial charge in [0.25, 0.3) is 0 Å². The third kappa shape index (κ3) is 4.66. The molecule has 0 heterocycles.